The van der Waals surface area contributed by atoms with E-state index in [9.17, 15) is 10.2 Å². The number of benzene rings is 1. The van der Waals surface area contributed by atoms with Gasteiger partial charge in [0.05, 0.1) is 49.5 Å². The topological polar surface area (TPSA) is 428 Å². The van der Waals surface area contributed by atoms with Crippen LogP contribution in [0.5, 0.6) is 0 Å². The number of nitrogens with zero attached hydrogens (tertiary/aromatic N) is 5. The fourth-order valence-corrected chi connectivity index (χ4v) is 15.7. The van der Waals surface area contributed by atoms with E-state index in [1.807, 2.05) is 137 Å². The van der Waals surface area contributed by atoms with E-state index in [0.29, 0.717) is 10.8 Å². The average Bonchev–Trinajstić information content (AvgIpc) is 1.59. The molecule has 0 radical (unpaired) electrons. The van der Waals surface area contributed by atoms with Crippen LogP contribution in [0.3, 0.4) is 0 Å². The Balaban J connectivity index is 0.000000157. The van der Waals surface area contributed by atoms with E-state index in [1.165, 1.54) is 5.56 Å². The van der Waals surface area contributed by atoms with Gasteiger partial charge < -0.3 is 150 Å². The minimum atomic E-state index is -1.39. The van der Waals surface area contributed by atoms with Crippen molar-refractivity contribution in [1.29, 1.82) is 0 Å². The van der Waals surface area contributed by atoms with Gasteiger partial charge in [-0.2, -0.15) is 11.1 Å². The fraction of sp³-hybridized carbons (Fsp3) is 0.765. The molecule has 13 aliphatic heterocycles. The van der Waals surface area contributed by atoms with Crippen LogP contribution in [0.15, 0.2) is 79.9 Å². The highest BCUT2D eigenvalue weighted by molar-refractivity contribution is 7.20. The highest BCUT2D eigenvalue weighted by Gasteiger charge is 2.60. The molecule has 13 saturated heterocycles. The van der Waals surface area contributed by atoms with Crippen molar-refractivity contribution >= 4 is 52.1 Å². The molecule has 698 valence electrons. The Labute approximate surface area is 732 Å². The molecular weight excluding hydrogens is 1670 g/mol. The standard InChI is InChI=1S/C16H21N3O3.C9H15ClO3.C9H16O5.C9H14O4.C9H16O4.C8H14O5.C7H7N3.C7H8.C6H15ClSi.C5H10O5/c1-5-11-12-13(22-16(3,4)21-12)15(20-11)19-7-6-10-9(2)17-8-18-14(10)19;1-4-5-6-7(8(10)11-5)13-9(2,3)12-6;1-9(2)13-6-5(4-10)12-8(11-3)7(6)14-9;1-5-6-7(8(10-4)11-5)13-9(2,3)12-6;1-4-5-6-7(8(10)11-5)13-9(2,3)12-6;1-8(2)12-5-4(3-9)11-7(10)6(5)13-8;1-5-6-2-3-8-7(6)10-4-9-5;1-7-5-3-2-4-6-7;1-6(2,3)8(4,5)7;6-1-2-3(7)4(8)5(9)10-2/h6-8,11-13,15H,5H2,1-4H3;5-8H,4H2,1-3H3;5-8,10H,4H2,1-3H3;6-8H,1H2,2-4H3;5-8,10H,4H2,1-3H3;4-7,9-10H,3H2,1-2H3;2-4H,1H3,(H,8,9,10);2-6H,1H3;1-5H3;2-9H,1H2/t11-,12+,13+,15+;5-,6+,7+,8-;5-,6+,7+,8?;6-,7-,8?;5-,6+,7+,8?;4-,5+,6+,7?;;;;2-,3+,4+,5?/m000100...0/s1. The summed E-state index contributed by atoms with van der Waals surface area (Å²) in [6.07, 6.45) is -1.16. The third kappa shape index (κ3) is 25.7. The number of aliphatic hydroxyl groups excluding tert-OH is 8. The molecule has 9 N–H and O–H groups in total. The van der Waals surface area contributed by atoms with E-state index in [0.717, 1.165) is 52.7 Å². The zero-order valence-electron chi connectivity index (χ0n) is 75.5. The second-order valence-electron chi connectivity index (χ2n) is 35.8. The summed E-state index contributed by atoms with van der Waals surface area (Å²) in [6.45, 7) is 48.6. The van der Waals surface area contributed by atoms with E-state index in [2.05, 4.69) is 103 Å². The van der Waals surface area contributed by atoms with Gasteiger partial charge in [-0.3, -0.25) is 0 Å². The van der Waals surface area contributed by atoms with E-state index in [1.54, 1.807) is 40.7 Å². The Morgan fingerprint density at radius 1 is 0.472 bits per heavy atom. The minimum Gasteiger partial charge on any atom is -0.464 e. The maximum absolute atomic E-state index is 9.51. The first kappa shape index (κ1) is 102. The van der Waals surface area contributed by atoms with Gasteiger partial charge in [-0.25, -0.2) is 19.9 Å². The van der Waals surface area contributed by atoms with Crippen LogP contribution in [0.1, 0.15) is 167 Å². The summed E-state index contributed by atoms with van der Waals surface area (Å²) >= 11 is 12.1. The number of aromatic amines is 1. The molecule has 18 rings (SSSR count). The summed E-state index contributed by atoms with van der Waals surface area (Å²) in [5.74, 6) is -2.98. The number of ether oxygens (including phenoxy) is 21. The molecule has 13 aliphatic rings. The first-order valence-corrected chi connectivity index (χ1v) is 46.4. The van der Waals surface area contributed by atoms with Crippen LogP contribution in [0, 0.1) is 20.8 Å². The van der Waals surface area contributed by atoms with Crippen molar-refractivity contribution in [3.05, 3.63) is 96.8 Å². The first-order valence-electron chi connectivity index (χ1n) is 42.0. The zero-order valence-corrected chi connectivity index (χ0v) is 78.0. The minimum absolute atomic E-state index is 0.00231. The van der Waals surface area contributed by atoms with Gasteiger partial charge in [0, 0.05) is 37.4 Å². The Morgan fingerprint density at radius 2 is 0.878 bits per heavy atom. The first-order chi connectivity index (χ1) is 57.4. The monoisotopic (exact) mass is 1800 g/mol. The Bertz CT molecular complexity index is 3970. The molecule has 0 saturated carbocycles. The van der Waals surface area contributed by atoms with Crippen molar-refractivity contribution in [3.63, 3.8) is 0 Å². The van der Waals surface area contributed by atoms with Gasteiger partial charge in [-0.15, -0.1) is 0 Å². The molecule has 0 spiro atoms. The van der Waals surface area contributed by atoms with Gasteiger partial charge in [0.15, 0.2) is 85.2 Å². The van der Waals surface area contributed by atoms with E-state index in [-0.39, 0.29) is 123 Å². The van der Waals surface area contributed by atoms with Crippen molar-refractivity contribution in [2.24, 2.45) is 0 Å². The molecule has 0 bridgehead atoms. The molecule has 0 aliphatic carbocycles. The summed E-state index contributed by atoms with van der Waals surface area (Å²) in [6, 6.07) is 14.3. The lowest BCUT2D eigenvalue weighted by Crippen LogP contribution is -2.33. The van der Waals surface area contributed by atoms with Gasteiger partial charge in [0.25, 0.3) is 0 Å². The van der Waals surface area contributed by atoms with Crippen LogP contribution in [0.2, 0.25) is 18.1 Å². The second-order valence-corrected chi connectivity index (χ2v) is 43.6. The highest BCUT2D eigenvalue weighted by Crippen LogP contribution is 2.48. The lowest BCUT2D eigenvalue weighted by molar-refractivity contribution is -0.230. The zero-order chi connectivity index (χ0) is 91.2. The Morgan fingerprint density at radius 3 is 1.34 bits per heavy atom. The summed E-state index contributed by atoms with van der Waals surface area (Å²) in [7, 11) is 1.74. The predicted octanol–water partition coefficient (Wildman–Crippen LogP) is 9.10. The van der Waals surface area contributed by atoms with Gasteiger partial charge in [-0.1, -0.05) is 109 Å². The molecule has 123 heavy (non-hydrogen) atoms. The number of aliphatic hydroxyl groups is 8. The molecule has 5 aromatic rings. The maximum Gasteiger partial charge on any atom is 0.228 e. The van der Waals surface area contributed by atoms with Crippen LogP contribution in [0.4, 0.5) is 0 Å². The van der Waals surface area contributed by atoms with E-state index in [4.69, 9.17) is 148 Å². The molecular formula is C85H136Cl2N6O29Si. The maximum atomic E-state index is 9.51. The number of hydrogen-bond donors (Lipinski definition) is 9. The largest absolute Gasteiger partial charge is 0.464 e. The molecule has 35 nitrogen and oxygen atoms in total. The summed E-state index contributed by atoms with van der Waals surface area (Å²) in [4.78, 5) is 19.8. The van der Waals surface area contributed by atoms with E-state index >= 15 is 0 Å². The number of hydrogen-bond acceptors (Lipinski definition) is 33. The predicted molar refractivity (Wildman–Crippen MR) is 450 cm³/mol. The number of rotatable bonds is 9. The van der Waals surface area contributed by atoms with Crippen molar-refractivity contribution in [2.75, 3.05) is 34.0 Å². The van der Waals surface area contributed by atoms with Crippen LogP contribution >= 0.6 is 22.7 Å². The van der Waals surface area contributed by atoms with Crippen LogP contribution < -0.4 is 0 Å². The third-order valence-corrected chi connectivity index (χ3v) is 28.0. The molecule has 17 heterocycles. The lowest BCUT2D eigenvalue weighted by atomic mass is 10.1. The van der Waals surface area contributed by atoms with E-state index < -0.39 is 104 Å². The van der Waals surface area contributed by atoms with Crippen LogP contribution in [-0.4, -0.2) is 306 Å². The number of H-pyrrole nitrogens is 1. The summed E-state index contributed by atoms with van der Waals surface area (Å²) < 4.78 is 118. The lowest BCUT2D eigenvalue weighted by Gasteiger charge is -2.29. The number of nitrogens with one attached hydrogen (secondary N) is 1. The molecule has 13 fully saturated rings. The quantitative estimate of drug-likeness (QED) is 0.0377. The van der Waals surface area contributed by atoms with Crippen molar-refractivity contribution in [3.8, 4) is 0 Å². The number of halogens is 2. The summed E-state index contributed by atoms with van der Waals surface area (Å²) in [5, 5.41) is 74.3. The molecule has 0 amide bonds. The van der Waals surface area contributed by atoms with Gasteiger partial charge in [0.1, 0.15) is 127 Å². The number of alkyl halides is 1. The van der Waals surface area contributed by atoms with Crippen LogP contribution in [0.25, 0.3) is 22.1 Å². The SMILES string of the molecule is C=C1OC(OC)[C@@H]2OC(C)(C)O[C@H]12.CC(C)(C)[Si](C)(C)Cl.CC1(C)O[C@@H]2[C@H](CO)OC(O)[C@@H]2O1.CC[C@@H]1OC(O)[C@@H]2OC(C)(C)O[C@H]12.CC[C@@H]1O[C@@H](n2ccc3c(C)ncnc32)[C@@H]2OC(C)(C)O[C@@H]21.CC[C@@H]1O[C@H](Cl)[C@@H]2OC(C)(C)O[C@@H]21.COC1O[C@@H](CO)[C@H]2OC(C)(C)O[C@@H]12.Cc1ccccc1.Cc1ncnc2[nH]ccc12.OC[C@@H]1OC(O)[C@H](O)[C@@H]1O. The third-order valence-electron chi connectivity index (χ3n) is 22.4. The van der Waals surface area contributed by atoms with Gasteiger partial charge in [-0.05, 0) is 140 Å². The fourth-order valence-electron chi connectivity index (χ4n) is 15.4. The summed E-state index contributed by atoms with van der Waals surface area (Å²) in [5.41, 5.74) is 4.73. The number of aromatic nitrogens is 6. The Hall–Kier alpha value is -4.32. The molecule has 1 aromatic carbocycles. The van der Waals surface area contributed by atoms with Gasteiger partial charge >= 0.3 is 0 Å². The normalized spacial score (nSPS) is 37.0. The number of methoxy groups -OCH3 is 2. The molecule has 38 heteroatoms. The van der Waals surface area contributed by atoms with Crippen LogP contribution in [-0.2, 0) is 99.5 Å². The number of aryl methyl sites for hydroxylation is 3. The number of fused-ring (bicyclic) bond motifs is 8. The van der Waals surface area contributed by atoms with Gasteiger partial charge in [0.2, 0.25) is 6.29 Å². The smallest absolute Gasteiger partial charge is 0.228 e. The van der Waals surface area contributed by atoms with Crippen molar-refractivity contribution in [2.45, 2.75) is 383 Å². The molecule has 5 unspecified atom stereocenters. The highest BCUT2D eigenvalue weighted by atomic mass is 35.6. The van der Waals surface area contributed by atoms with Crippen molar-refractivity contribution in [1.82, 2.24) is 29.5 Å². The average molecular weight is 1810 g/mol. The van der Waals surface area contributed by atoms with Crippen molar-refractivity contribution < 1.29 is 140 Å². The molecule has 27 atom stereocenters. The Kier molecular flexibility index (Phi) is 35.2. The molecule has 4 aromatic heterocycles. The second kappa shape index (κ2) is 42.3.